The highest BCUT2D eigenvalue weighted by atomic mass is 14.2. The molecule has 0 heteroatoms. The van der Waals surface area contributed by atoms with Crippen LogP contribution in [0.25, 0.3) is 0 Å². The van der Waals surface area contributed by atoms with E-state index in [1.807, 2.05) is 13.8 Å². The lowest BCUT2D eigenvalue weighted by Crippen LogP contribution is -1.89. The molecule has 1 saturated carbocycles. The van der Waals surface area contributed by atoms with Gasteiger partial charge < -0.3 is 0 Å². The van der Waals surface area contributed by atoms with Gasteiger partial charge in [-0.15, -0.1) is 13.2 Å². The van der Waals surface area contributed by atoms with E-state index < -0.39 is 0 Å². The van der Waals surface area contributed by atoms with Crippen molar-refractivity contribution >= 4 is 0 Å². The van der Waals surface area contributed by atoms with Crippen LogP contribution in [0, 0.1) is 0 Å². The molecule has 0 spiro atoms. The highest BCUT2D eigenvalue weighted by Crippen LogP contribution is 2.33. The van der Waals surface area contributed by atoms with Crippen molar-refractivity contribution in [2.45, 2.75) is 45.4 Å². The molecule has 0 radical (unpaired) electrons. The van der Waals surface area contributed by atoms with Crippen LogP contribution in [-0.2, 0) is 0 Å². The van der Waals surface area contributed by atoms with Crippen molar-refractivity contribution in [2.24, 2.45) is 0 Å². The monoisotopic (exact) mass is 204 g/mol. The van der Waals surface area contributed by atoms with Crippen LogP contribution in [-0.4, -0.2) is 0 Å². The Hall–Kier alpha value is -1.04. The Morgan fingerprint density at radius 3 is 1.87 bits per heavy atom. The van der Waals surface area contributed by atoms with E-state index in [1.54, 1.807) is 5.56 Å². The second-order valence-corrected chi connectivity index (χ2v) is 3.39. The Balaban J connectivity index is 0.000000442. The normalized spacial score (nSPS) is 14.5. The molecule has 1 aliphatic rings. The van der Waals surface area contributed by atoms with Gasteiger partial charge in [-0.1, -0.05) is 57.0 Å². The molecule has 0 atom stereocenters. The van der Waals surface area contributed by atoms with Crippen molar-refractivity contribution in [1.82, 2.24) is 0 Å². The average molecular weight is 204 g/mol. The molecular formula is C15H24. The average Bonchev–Trinajstić information content (AvgIpc) is 2.89. The minimum absolute atomic E-state index is 0.871. The van der Waals surface area contributed by atoms with Crippen molar-refractivity contribution in [3.05, 3.63) is 49.1 Å². The fraction of sp³-hybridized carbons (Fsp3) is 0.467. The molecule has 0 N–H and O–H groups in total. The molecule has 2 rings (SSSR count). The molecule has 1 aromatic rings. The number of hydrogen-bond acceptors (Lipinski definition) is 0. The minimum atomic E-state index is 0.871. The van der Waals surface area contributed by atoms with Gasteiger partial charge in [-0.25, -0.2) is 0 Å². The first-order valence-corrected chi connectivity index (χ1v) is 6.02. The van der Waals surface area contributed by atoms with Crippen LogP contribution >= 0.6 is 0 Å². The molecule has 0 saturated heterocycles. The van der Waals surface area contributed by atoms with E-state index >= 15 is 0 Å². The van der Waals surface area contributed by atoms with E-state index in [9.17, 15) is 0 Å². The van der Waals surface area contributed by atoms with Gasteiger partial charge in [0.15, 0.2) is 0 Å². The lowest BCUT2D eigenvalue weighted by molar-refractivity contribution is 0.723. The largest absolute Gasteiger partial charge is 0.106 e. The number of rotatable bonds is 1. The Labute approximate surface area is 95.0 Å². The predicted octanol–water partition coefficient (Wildman–Crippen LogP) is 5.17. The summed E-state index contributed by atoms with van der Waals surface area (Å²) in [6.07, 6.45) is 5.67. The van der Waals surface area contributed by atoms with Crippen molar-refractivity contribution in [2.75, 3.05) is 0 Å². The molecule has 1 aromatic carbocycles. The molecule has 0 nitrogen and oxygen atoms in total. The van der Waals surface area contributed by atoms with Gasteiger partial charge in [0.25, 0.3) is 0 Å². The lowest BCUT2D eigenvalue weighted by atomic mass is 9.98. The topological polar surface area (TPSA) is 0 Å². The lowest BCUT2D eigenvalue weighted by Gasteiger charge is -2.07. The summed E-state index contributed by atoms with van der Waals surface area (Å²) in [6.45, 7) is 10.0. The minimum Gasteiger partial charge on any atom is -0.106 e. The van der Waals surface area contributed by atoms with E-state index in [0.29, 0.717) is 0 Å². The van der Waals surface area contributed by atoms with Crippen molar-refractivity contribution in [3.63, 3.8) is 0 Å². The Kier molecular flexibility index (Phi) is 8.85. The third kappa shape index (κ3) is 4.83. The van der Waals surface area contributed by atoms with E-state index in [0.717, 1.165) is 5.92 Å². The molecular weight excluding hydrogens is 180 g/mol. The quantitative estimate of drug-likeness (QED) is 0.553. The molecule has 0 bridgehead atoms. The summed E-state index contributed by atoms with van der Waals surface area (Å²) >= 11 is 0. The zero-order valence-corrected chi connectivity index (χ0v) is 10.2. The van der Waals surface area contributed by atoms with Crippen LogP contribution in [0.1, 0.15) is 51.0 Å². The second kappa shape index (κ2) is 9.51. The Morgan fingerprint density at radius 1 is 0.933 bits per heavy atom. The molecule has 0 heterocycles. The van der Waals surface area contributed by atoms with Crippen LogP contribution in [0.4, 0.5) is 0 Å². The summed E-state index contributed by atoms with van der Waals surface area (Å²) in [5.41, 5.74) is 1.55. The molecule has 0 aromatic heterocycles. The van der Waals surface area contributed by atoms with Gasteiger partial charge in [0.1, 0.15) is 0 Å². The van der Waals surface area contributed by atoms with Crippen molar-refractivity contribution in [1.29, 1.82) is 0 Å². The third-order valence-electron chi connectivity index (χ3n) is 2.63. The maximum Gasteiger partial charge on any atom is -0.0162 e. The maximum absolute atomic E-state index is 3.00. The third-order valence-corrected chi connectivity index (χ3v) is 2.63. The van der Waals surface area contributed by atoms with Crippen LogP contribution < -0.4 is 0 Å². The summed E-state index contributed by atoms with van der Waals surface area (Å²) in [5.74, 6) is 0.871. The van der Waals surface area contributed by atoms with Gasteiger partial charge >= 0.3 is 0 Å². The van der Waals surface area contributed by atoms with Gasteiger partial charge in [0.05, 0.1) is 0 Å². The summed E-state index contributed by atoms with van der Waals surface area (Å²) < 4.78 is 0. The van der Waals surface area contributed by atoms with E-state index in [1.165, 1.54) is 25.7 Å². The summed E-state index contributed by atoms with van der Waals surface area (Å²) in [7, 11) is 0. The smallest absolute Gasteiger partial charge is 0.0162 e. The molecule has 1 fully saturated rings. The van der Waals surface area contributed by atoms with Gasteiger partial charge in [-0.2, -0.15) is 0 Å². The van der Waals surface area contributed by atoms with Crippen LogP contribution in [0.5, 0.6) is 0 Å². The summed E-state index contributed by atoms with van der Waals surface area (Å²) in [6, 6.07) is 10.9. The van der Waals surface area contributed by atoms with E-state index in [2.05, 4.69) is 43.5 Å². The van der Waals surface area contributed by atoms with Gasteiger partial charge in [0.2, 0.25) is 0 Å². The van der Waals surface area contributed by atoms with Gasteiger partial charge in [0, 0.05) is 0 Å². The van der Waals surface area contributed by atoms with Crippen LogP contribution in [0.3, 0.4) is 0 Å². The van der Waals surface area contributed by atoms with Gasteiger partial charge in [-0.3, -0.25) is 0 Å². The van der Waals surface area contributed by atoms with Crippen LogP contribution in [0.15, 0.2) is 43.5 Å². The Bertz CT molecular complexity index is 219. The summed E-state index contributed by atoms with van der Waals surface area (Å²) in [4.78, 5) is 0. The number of hydrogen-bond donors (Lipinski definition) is 0. The molecule has 84 valence electrons. The van der Waals surface area contributed by atoms with E-state index in [-0.39, 0.29) is 0 Å². The highest BCUT2D eigenvalue weighted by Gasteiger charge is 2.15. The van der Waals surface area contributed by atoms with Crippen LogP contribution in [0.2, 0.25) is 0 Å². The first-order valence-electron chi connectivity index (χ1n) is 6.02. The first-order chi connectivity index (χ1) is 7.47. The maximum atomic E-state index is 3.00. The molecule has 0 amide bonds. The van der Waals surface area contributed by atoms with E-state index in [4.69, 9.17) is 0 Å². The SMILES string of the molecule is C=C.CC.c1ccc(C2CCCC2)cc1. The fourth-order valence-electron chi connectivity index (χ4n) is 1.98. The molecule has 1 aliphatic carbocycles. The zero-order valence-electron chi connectivity index (χ0n) is 10.2. The molecule has 15 heavy (non-hydrogen) atoms. The summed E-state index contributed by atoms with van der Waals surface area (Å²) in [5, 5.41) is 0. The first kappa shape index (κ1) is 14.0. The predicted molar refractivity (Wildman–Crippen MR) is 70.3 cm³/mol. The molecule has 0 aliphatic heterocycles. The van der Waals surface area contributed by atoms with Gasteiger partial charge in [-0.05, 0) is 24.3 Å². The Morgan fingerprint density at radius 2 is 1.40 bits per heavy atom. The zero-order chi connectivity index (χ0) is 11.5. The number of benzene rings is 1. The van der Waals surface area contributed by atoms with Crippen molar-refractivity contribution < 1.29 is 0 Å². The highest BCUT2D eigenvalue weighted by molar-refractivity contribution is 5.19. The second-order valence-electron chi connectivity index (χ2n) is 3.39. The standard InChI is InChI=1S/C11H14.C2H6.C2H4/c1-2-6-10(7-3-1)11-8-4-5-9-11;2*1-2/h1-3,6-7,11H,4-5,8-9H2;1-2H3;1-2H2. The van der Waals surface area contributed by atoms with Crippen molar-refractivity contribution in [3.8, 4) is 0 Å². The molecule has 0 unspecified atom stereocenters. The fourth-order valence-corrected chi connectivity index (χ4v) is 1.98.